The standard InChI is InChI=1S/C14H19BrN2O/c1-11-3-2-8-17(9-11)10-14(18)16-13-6-4-12(15)5-7-13/h4-7,11H,2-3,8-10H2,1H3,(H,16,18)/p+1/t11-/m1/s1. The minimum atomic E-state index is 0.112. The molecular weight excluding hydrogens is 292 g/mol. The summed E-state index contributed by atoms with van der Waals surface area (Å²) >= 11 is 3.38. The molecule has 1 aromatic carbocycles. The van der Waals surface area contributed by atoms with Crippen molar-refractivity contribution in [2.45, 2.75) is 19.8 Å². The average Bonchev–Trinajstić information content (AvgIpc) is 2.32. The topological polar surface area (TPSA) is 33.5 Å². The summed E-state index contributed by atoms with van der Waals surface area (Å²) in [6.07, 6.45) is 2.54. The van der Waals surface area contributed by atoms with E-state index in [0.717, 1.165) is 29.2 Å². The second-order valence-corrected chi connectivity index (χ2v) is 6.10. The second kappa shape index (κ2) is 6.34. The molecule has 1 amide bonds. The zero-order valence-corrected chi connectivity index (χ0v) is 12.3. The molecule has 1 aliphatic heterocycles. The Hall–Kier alpha value is -0.870. The van der Waals surface area contributed by atoms with Crippen LogP contribution in [0.1, 0.15) is 19.8 Å². The van der Waals surface area contributed by atoms with Gasteiger partial charge in [0.15, 0.2) is 6.54 Å². The van der Waals surface area contributed by atoms with Crippen LogP contribution in [0.25, 0.3) is 0 Å². The van der Waals surface area contributed by atoms with E-state index in [-0.39, 0.29) is 5.91 Å². The maximum absolute atomic E-state index is 11.9. The van der Waals surface area contributed by atoms with Gasteiger partial charge in [-0.05, 0) is 37.1 Å². The van der Waals surface area contributed by atoms with Gasteiger partial charge in [0.2, 0.25) is 0 Å². The number of rotatable bonds is 3. The van der Waals surface area contributed by atoms with Crippen molar-refractivity contribution in [2.24, 2.45) is 5.92 Å². The van der Waals surface area contributed by atoms with E-state index in [1.54, 1.807) is 0 Å². The average molecular weight is 312 g/mol. The maximum Gasteiger partial charge on any atom is 0.279 e. The number of amides is 1. The Balaban J connectivity index is 1.83. The third-order valence-corrected chi connectivity index (χ3v) is 3.93. The molecule has 1 fully saturated rings. The van der Waals surface area contributed by atoms with E-state index in [1.165, 1.54) is 17.7 Å². The van der Waals surface area contributed by atoms with Crippen molar-refractivity contribution in [1.82, 2.24) is 0 Å². The summed E-state index contributed by atoms with van der Waals surface area (Å²) in [7, 11) is 0. The monoisotopic (exact) mass is 311 g/mol. The SMILES string of the molecule is C[C@@H]1CCC[NH+](CC(=O)Nc2ccc(Br)cc2)C1. The molecule has 2 atom stereocenters. The molecule has 2 rings (SSSR count). The van der Waals surface area contributed by atoms with Crippen LogP contribution in [-0.4, -0.2) is 25.5 Å². The van der Waals surface area contributed by atoms with Crippen molar-refractivity contribution < 1.29 is 9.69 Å². The van der Waals surface area contributed by atoms with E-state index in [0.29, 0.717) is 6.54 Å². The largest absolute Gasteiger partial charge is 0.327 e. The molecule has 0 saturated carbocycles. The highest BCUT2D eigenvalue weighted by Crippen LogP contribution is 2.13. The Morgan fingerprint density at radius 3 is 2.83 bits per heavy atom. The van der Waals surface area contributed by atoms with Gasteiger partial charge in [0.1, 0.15) is 0 Å². The number of quaternary nitrogens is 1. The lowest BCUT2D eigenvalue weighted by Crippen LogP contribution is -3.14. The third kappa shape index (κ3) is 4.10. The van der Waals surface area contributed by atoms with Crippen molar-refractivity contribution in [3.8, 4) is 0 Å². The van der Waals surface area contributed by atoms with Crippen LogP contribution < -0.4 is 10.2 Å². The van der Waals surface area contributed by atoms with Gasteiger partial charge in [-0.3, -0.25) is 4.79 Å². The summed E-state index contributed by atoms with van der Waals surface area (Å²) in [5, 5.41) is 2.95. The summed E-state index contributed by atoms with van der Waals surface area (Å²) in [6.45, 7) is 5.10. The van der Waals surface area contributed by atoms with E-state index < -0.39 is 0 Å². The molecule has 1 heterocycles. The molecular formula is C14H20BrN2O+. The van der Waals surface area contributed by atoms with Gasteiger partial charge < -0.3 is 10.2 Å². The number of likely N-dealkylation sites (tertiary alicyclic amines) is 1. The molecule has 0 aliphatic carbocycles. The number of carbonyl (C=O) groups excluding carboxylic acids is 1. The number of benzene rings is 1. The molecule has 0 aromatic heterocycles. The number of hydrogen-bond acceptors (Lipinski definition) is 1. The molecule has 2 N–H and O–H groups in total. The summed E-state index contributed by atoms with van der Waals surface area (Å²) < 4.78 is 1.02. The summed E-state index contributed by atoms with van der Waals surface area (Å²) in [5.41, 5.74) is 0.868. The smallest absolute Gasteiger partial charge is 0.279 e. The fourth-order valence-corrected chi connectivity index (χ4v) is 2.79. The van der Waals surface area contributed by atoms with E-state index in [2.05, 4.69) is 28.2 Å². The Bertz CT molecular complexity index is 405. The van der Waals surface area contributed by atoms with Crippen LogP contribution in [0.2, 0.25) is 0 Å². The fourth-order valence-electron chi connectivity index (χ4n) is 2.52. The van der Waals surface area contributed by atoms with Crippen LogP contribution in [0.3, 0.4) is 0 Å². The normalized spacial score (nSPS) is 23.7. The summed E-state index contributed by atoms with van der Waals surface area (Å²) in [4.78, 5) is 13.3. The van der Waals surface area contributed by atoms with Gasteiger partial charge in [0.05, 0.1) is 13.1 Å². The molecule has 0 spiro atoms. The highest BCUT2D eigenvalue weighted by molar-refractivity contribution is 9.10. The molecule has 3 nitrogen and oxygen atoms in total. The zero-order chi connectivity index (χ0) is 13.0. The van der Waals surface area contributed by atoms with Crippen molar-refractivity contribution in [1.29, 1.82) is 0 Å². The fraction of sp³-hybridized carbons (Fsp3) is 0.500. The Morgan fingerprint density at radius 2 is 2.17 bits per heavy atom. The number of piperidine rings is 1. The summed E-state index contributed by atoms with van der Waals surface area (Å²) in [6, 6.07) is 7.70. The van der Waals surface area contributed by atoms with Gasteiger partial charge in [0.25, 0.3) is 5.91 Å². The van der Waals surface area contributed by atoms with Gasteiger partial charge >= 0.3 is 0 Å². The number of nitrogens with one attached hydrogen (secondary N) is 2. The van der Waals surface area contributed by atoms with Gasteiger partial charge in [0, 0.05) is 16.1 Å². The van der Waals surface area contributed by atoms with Gasteiger partial charge in [-0.25, -0.2) is 0 Å². The predicted molar refractivity (Wildman–Crippen MR) is 76.7 cm³/mol. The van der Waals surface area contributed by atoms with E-state index in [1.807, 2.05) is 24.3 Å². The van der Waals surface area contributed by atoms with Crippen molar-refractivity contribution in [3.63, 3.8) is 0 Å². The first kappa shape index (κ1) is 13.6. The molecule has 4 heteroatoms. The molecule has 1 unspecified atom stereocenters. The van der Waals surface area contributed by atoms with E-state index in [4.69, 9.17) is 0 Å². The Morgan fingerprint density at radius 1 is 1.44 bits per heavy atom. The number of carbonyl (C=O) groups is 1. The first-order valence-corrected chi connectivity index (χ1v) is 7.32. The molecule has 0 bridgehead atoms. The lowest BCUT2D eigenvalue weighted by atomic mass is 10.0. The van der Waals surface area contributed by atoms with Crippen molar-refractivity contribution in [3.05, 3.63) is 28.7 Å². The van der Waals surface area contributed by atoms with Crippen LogP contribution in [0.4, 0.5) is 5.69 Å². The maximum atomic E-state index is 11.9. The minimum absolute atomic E-state index is 0.112. The van der Waals surface area contributed by atoms with Gasteiger partial charge in [-0.15, -0.1) is 0 Å². The van der Waals surface area contributed by atoms with E-state index in [9.17, 15) is 4.79 Å². The van der Waals surface area contributed by atoms with Crippen LogP contribution in [0, 0.1) is 5.92 Å². The molecule has 1 aromatic rings. The van der Waals surface area contributed by atoms with E-state index >= 15 is 0 Å². The highest BCUT2D eigenvalue weighted by Gasteiger charge is 2.21. The zero-order valence-electron chi connectivity index (χ0n) is 10.7. The lowest BCUT2D eigenvalue weighted by Gasteiger charge is -2.27. The highest BCUT2D eigenvalue weighted by atomic mass is 79.9. The van der Waals surface area contributed by atoms with Gasteiger partial charge in [-0.1, -0.05) is 22.9 Å². The van der Waals surface area contributed by atoms with Crippen molar-refractivity contribution >= 4 is 27.5 Å². The molecule has 1 aliphatic rings. The van der Waals surface area contributed by atoms with Crippen LogP contribution in [-0.2, 0) is 4.79 Å². The first-order valence-electron chi connectivity index (χ1n) is 6.52. The molecule has 0 radical (unpaired) electrons. The second-order valence-electron chi connectivity index (χ2n) is 5.18. The predicted octanol–water partition coefficient (Wildman–Crippen LogP) is 1.70. The molecule has 18 heavy (non-hydrogen) atoms. The Labute approximate surface area is 117 Å². The van der Waals surface area contributed by atoms with Crippen LogP contribution >= 0.6 is 15.9 Å². The molecule has 1 saturated heterocycles. The van der Waals surface area contributed by atoms with Crippen LogP contribution in [0.5, 0.6) is 0 Å². The van der Waals surface area contributed by atoms with Crippen molar-refractivity contribution in [2.75, 3.05) is 25.0 Å². The number of anilines is 1. The third-order valence-electron chi connectivity index (χ3n) is 3.40. The summed E-state index contributed by atoms with van der Waals surface area (Å²) in [5.74, 6) is 0.857. The van der Waals surface area contributed by atoms with Crippen LogP contribution in [0.15, 0.2) is 28.7 Å². The first-order chi connectivity index (χ1) is 8.63. The lowest BCUT2D eigenvalue weighted by molar-refractivity contribution is -0.900. The number of hydrogen-bond donors (Lipinski definition) is 2. The molecule has 98 valence electrons. The minimum Gasteiger partial charge on any atom is -0.327 e. The number of halogens is 1. The Kier molecular flexibility index (Phi) is 4.78. The quantitative estimate of drug-likeness (QED) is 0.875. The van der Waals surface area contributed by atoms with Gasteiger partial charge in [-0.2, -0.15) is 0 Å².